The van der Waals surface area contributed by atoms with Gasteiger partial charge in [-0.2, -0.15) is 0 Å². The monoisotopic (exact) mass is 456 g/mol. The fourth-order valence-corrected chi connectivity index (χ4v) is 2.98. The molecule has 0 saturated heterocycles. The molecule has 0 fully saturated rings. The van der Waals surface area contributed by atoms with Crippen LogP contribution in [0.1, 0.15) is 18.1 Å². The standard InChI is InChI=1S/C23H28N4O6/c1-14(21(30)27-19(23(32)33)12-15-5-3-2-4-6-15)26-20(29)13-25-22(31)18(24)11-16-7-9-17(28)10-8-16/h2-10,14,18-19,28H,11-13,24H2,1H3,(H,25,31)(H,26,29)(H,27,30)(H,32,33). The van der Waals surface area contributed by atoms with Gasteiger partial charge in [0.2, 0.25) is 17.7 Å². The predicted octanol–water partition coefficient (Wildman–Crippen LogP) is -0.305. The van der Waals surface area contributed by atoms with Crippen molar-refractivity contribution in [2.24, 2.45) is 5.73 Å². The number of amides is 3. The minimum absolute atomic E-state index is 0.0948. The second-order valence-electron chi connectivity index (χ2n) is 7.57. The second-order valence-corrected chi connectivity index (χ2v) is 7.57. The maximum Gasteiger partial charge on any atom is 0.326 e. The molecule has 2 aromatic rings. The molecule has 0 saturated carbocycles. The van der Waals surface area contributed by atoms with Gasteiger partial charge in [0.25, 0.3) is 0 Å². The average Bonchev–Trinajstić information content (AvgIpc) is 2.78. The summed E-state index contributed by atoms with van der Waals surface area (Å²) >= 11 is 0. The van der Waals surface area contributed by atoms with Crippen molar-refractivity contribution in [3.05, 3.63) is 65.7 Å². The molecule has 176 valence electrons. The fraction of sp³-hybridized carbons (Fsp3) is 0.304. The molecule has 0 aromatic heterocycles. The molecule has 3 atom stereocenters. The van der Waals surface area contributed by atoms with E-state index in [1.54, 1.807) is 42.5 Å². The molecule has 0 heterocycles. The molecule has 10 nitrogen and oxygen atoms in total. The predicted molar refractivity (Wildman–Crippen MR) is 120 cm³/mol. The number of nitrogens with two attached hydrogens (primary N) is 1. The van der Waals surface area contributed by atoms with Crippen molar-refractivity contribution in [3.8, 4) is 5.75 Å². The number of nitrogens with one attached hydrogen (secondary N) is 3. The summed E-state index contributed by atoms with van der Waals surface area (Å²) in [6.45, 7) is 1.01. The Morgan fingerprint density at radius 1 is 0.879 bits per heavy atom. The van der Waals surface area contributed by atoms with Gasteiger partial charge in [0.05, 0.1) is 12.6 Å². The summed E-state index contributed by atoms with van der Waals surface area (Å²) in [5.74, 6) is -2.94. The maximum absolute atomic E-state index is 12.3. The maximum atomic E-state index is 12.3. The minimum atomic E-state index is -1.19. The van der Waals surface area contributed by atoms with Crippen LogP contribution in [0.5, 0.6) is 5.75 Å². The van der Waals surface area contributed by atoms with Gasteiger partial charge in [-0.05, 0) is 36.6 Å². The van der Waals surface area contributed by atoms with Crippen molar-refractivity contribution in [1.29, 1.82) is 0 Å². The quantitative estimate of drug-likeness (QED) is 0.269. The first-order valence-corrected chi connectivity index (χ1v) is 10.3. The molecular weight excluding hydrogens is 428 g/mol. The Bertz CT molecular complexity index is 965. The lowest BCUT2D eigenvalue weighted by atomic mass is 10.1. The number of carboxylic acids is 1. The zero-order valence-electron chi connectivity index (χ0n) is 18.2. The molecule has 33 heavy (non-hydrogen) atoms. The van der Waals surface area contributed by atoms with Crippen molar-refractivity contribution in [1.82, 2.24) is 16.0 Å². The van der Waals surface area contributed by atoms with Gasteiger partial charge in [0.1, 0.15) is 17.8 Å². The van der Waals surface area contributed by atoms with Gasteiger partial charge in [0, 0.05) is 6.42 Å². The van der Waals surface area contributed by atoms with Gasteiger partial charge >= 0.3 is 5.97 Å². The molecule has 10 heteroatoms. The van der Waals surface area contributed by atoms with Crippen LogP contribution in [-0.2, 0) is 32.0 Å². The number of phenolic OH excluding ortho intramolecular Hbond substituents is 1. The van der Waals surface area contributed by atoms with Crippen molar-refractivity contribution in [3.63, 3.8) is 0 Å². The highest BCUT2D eigenvalue weighted by molar-refractivity contribution is 5.92. The summed E-state index contributed by atoms with van der Waals surface area (Å²) < 4.78 is 0. The molecule has 0 aliphatic carbocycles. The Kier molecular flexibility index (Phi) is 9.37. The van der Waals surface area contributed by atoms with Gasteiger partial charge < -0.3 is 31.9 Å². The van der Waals surface area contributed by atoms with Crippen LogP contribution in [0.4, 0.5) is 0 Å². The molecule has 0 spiro atoms. The second kappa shape index (κ2) is 12.2. The number of benzene rings is 2. The first-order chi connectivity index (χ1) is 15.7. The van der Waals surface area contributed by atoms with E-state index in [1.807, 2.05) is 0 Å². The SMILES string of the molecule is CC(NC(=O)CNC(=O)C(N)Cc1ccc(O)cc1)C(=O)NC(Cc1ccccc1)C(=O)O. The Morgan fingerprint density at radius 3 is 2.09 bits per heavy atom. The molecule has 0 bridgehead atoms. The third-order valence-corrected chi connectivity index (χ3v) is 4.82. The lowest BCUT2D eigenvalue weighted by Crippen LogP contribution is -2.53. The number of carboxylic acid groups (broad SMARTS) is 1. The van der Waals surface area contributed by atoms with Gasteiger partial charge in [-0.25, -0.2) is 4.79 Å². The van der Waals surface area contributed by atoms with Crippen LogP contribution in [0, 0.1) is 0 Å². The van der Waals surface area contributed by atoms with Crippen LogP contribution in [0.2, 0.25) is 0 Å². The van der Waals surface area contributed by atoms with E-state index >= 15 is 0 Å². The smallest absolute Gasteiger partial charge is 0.326 e. The molecule has 2 rings (SSSR count). The number of phenols is 1. The topological polar surface area (TPSA) is 171 Å². The molecule has 0 aliphatic heterocycles. The first-order valence-electron chi connectivity index (χ1n) is 10.3. The number of aliphatic carboxylic acids is 1. The normalized spacial score (nSPS) is 13.3. The molecule has 3 amide bonds. The Balaban J connectivity index is 1.78. The number of hydrogen-bond acceptors (Lipinski definition) is 6. The summed E-state index contributed by atoms with van der Waals surface area (Å²) in [4.78, 5) is 48.1. The zero-order chi connectivity index (χ0) is 24.4. The number of rotatable bonds is 11. The molecule has 0 radical (unpaired) electrons. The van der Waals surface area contributed by atoms with E-state index < -0.39 is 48.4 Å². The van der Waals surface area contributed by atoms with E-state index in [1.165, 1.54) is 19.1 Å². The van der Waals surface area contributed by atoms with Gasteiger partial charge in [0.15, 0.2) is 0 Å². The van der Waals surface area contributed by atoms with Gasteiger partial charge in [-0.3, -0.25) is 14.4 Å². The average molecular weight is 456 g/mol. The van der Waals surface area contributed by atoms with Crippen molar-refractivity contribution in [2.75, 3.05) is 6.54 Å². The largest absolute Gasteiger partial charge is 0.508 e. The third kappa shape index (κ3) is 8.62. The van der Waals surface area contributed by atoms with Crippen LogP contribution in [0.15, 0.2) is 54.6 Å². The summed E-state index contributed by atoms with van der Waals surface area (Å²) in [7, 11) is 0. The van der Waals surface area contributed by atoms with Gasteiger partial charge in [-0.15, -0.1) is 0 Å². The lowest BCUT2D eigenvalue weighted by molar-refractivity contribution is -0.142. The van der Waals surface area contributed by atoms with E-state index in [9.17, 15) is 29.4 Å². The number of aromatic hydroxyl groups is 1. The molecular formula is C23H28N4O6. The molecule has 3 unspecified atom stereocenters. The van der Waals surface area contributed by atoms with E-state index in [0.717, 1.165) is 11.1 Å². The van der Waals surface area contributed by atoms with E-state index in [4.69, 9.17) is 5.73 Å². The Labute approximate surface area is 191 Å². The highest BCUT2D eigenvalue weighted by Crippen LogP contribution is 2.10. The Morgan fingerprint density at radius 2 is 1.48 bits per heavy atom. The highest BCUT2D eigenvalue weighted by atomic mass is 16.4. The van der Waals surface area contributed by atoms with Crippen LogP contribution in [0.3, 0.4) is 0 Å². The highest BCUT2D eigenvalue weighted by Gasteiger charge is 2.24. The molecule has 0 aliphatic rings. The van der Waals surface area contributed by atoms with E-state index in [0.29, 0.717) is 0 Å². The lowest BCUT2D eigenvalue weighted by Gasteiger charge is -2.19. The number of carbonyl (C=O) groups excluding carboxylic acids is 3. The van der Waals surface area contributed by atoms with E-state index in [-0.39, 0.29) is 18.6 Å². The van der Waals surface area contributed by atoms with Crippen LogP contribution in [-0.4, -0.2) is 58.6 Å². The Hall–Kier alpha value is -3.92. The molecule has 2 aromatic carbocycles. The van der Waals surface area contributed by atoms with Crippen molar-refractivity contribution >= 4 is 23.7 Å². The molecule has 7 N–H and O–H groups in total. The van der Waals surface area contributed by atoms with Crippen molar-refractivity contribution in [2.45, 2.75) is 37.9 Å². The van der Waals surface area contributed by atoms with Crippen LogP contribution < -0.4 is 21.7 Å². The fourth-order valence-electron chi connectivity index (χ4n) is 2.98. The summed E-state index contributed by atoms with van der Waals surface area (Å²) in [6, 6.07) is 12.0. The van der Waals surface area contributed by atoms with Gasteiger partial charge in [-0.1, -0.05) is 42.5 Å². The van der Waals surface area contributed by atoms with Crippen molar-refractivity contribution < 1.29 is 29.4 Å². The van der Waals surface area contributed by atoms with E-state index in [2.05, 4.69) is 16.0 Å². The summed E-state index contributed by atoms with van der Waals surface area (Å²) in [6.07, 6.45) is 0.308. The first kappa shape index (κ1) is 25.3. The van der Waals surface area contributed by atoms with Crippen LogP contribution >= 0.6 is 0 Å². The minimum Gasteiger partial charge on any atom is -0.508 e. The third-order valence-electron chi connectivity index (χ3n) is 4.82. The number of hydrogen-bond donors (Lipinski definition) is 6. The van der Waals surface area contributed by atoms with Crippen LogP contribution in [0.25, 0.3) is 0 Å². The number of carbonyl (C=O) groups is 4. The zero-order valence-corrected chi connectivity index (χ0v) is 18.2. The summed E-state index contributed by atoms with van der Waals surface area (Å²) in [5, 5.41) is 25.9. The summed E-state index contributed by atoms with van der Waals surface area (Å²) in [5.41, 5.74) is 7.33.